The summed E-state index contributed by atoms with van der Waals surface area (Å²) in [4.78, 5) is 28.0. The summed E-state index contributed by atoms with van der Waals surface area (Å²) in [6.07, 6.45) is 0.0813. The van der Waals surface area contributed by atoms with Gasteiger partial charge in [0.25, 0.3) is 0 Å². The first-order valence-electron chi connectivity index (χ1n) is 10.6. The molecule has 33 heavy (non-hydrogen) atoms. The molecule has 6 nitrogen and oxygen atoms in total. The van der Waals surface area contributed by atoms with Gasteiger partial charge in [0, 0.05) is 18.7 Å². The van der Waals surface area contributed by atoms with Crippen LogP contribution in [0.25, 0.3) is 0 Å². The highest BCUT2D eigenvalue weighted by molar-refractivity contribution is 6.01. The van der Waals surface area contributed by atoms with Gasteiger partial charge >= 0.3 is 0 Å². The largest absolute Gasteiger partial charge is 0.497 e. The average molecular weight is 448 g/mol. The minimum atomic E-state index is -0.589. The Morgan fingerprint density at radius 1 is 0.939 bits per heavy atom. The Morgan fingerprint density at radius 2 is 1.52 bits per heavy atom. The van der Waals surface area contributed by atoms with E-state index in [9.17, 15) is 14.0 Å². The number of hydrogen-bond donors (Lipinski definition) is 1. The number of benzene rings is 3. The van der Waals surface area contributed by atoms with Gasteiger partial charge in [0.05, 0.1) is 26.2 Å². The van der Waals surface area contributed by atoms with Crippen LogP contribution in [0.4, 0.5) is 10.1 Å². The van der Waals surface area contributed by atoms with Crippen molar-refractivity contribution < 1.29 is 23.5 Å². The van der Waals surface area contributed by atoms with Crippen LogP contribution in [0.2, 0.25) is 0 Å². The molecular weight excluding hydrogens is 423 g/mol. The van der Waals surface area contributed by atoms with Crippen molar-refractivity contribution in [3.63, 3.8) is 0 Å². The van der Waals surface area contributed by atoms with Crippen LogP contribution in [0.1, 0.15) is 23.6 Å². The molecule has 1 fully saturated rings. The number of nitrogens with zero attached hydrogens (tertiary/aromatic N) is 1. The van der Waals surface area contributed by atoms with E-state index in [0.29, 0.717) is 17.2 Å². The van der Waals surface area contributed by atoms with Gasteiger partial charge in [0.2, 0.25) is 11.8 Å². The van der Waals surface area contributed by atoms with E-state index in [-0.39, 0.29) is 30.6 Å². The Bertz CT molecular complexity index is 1110. The summed E-state index contributed by atoms with van der Waals surface area (Å²) >= 11 is 0. The minimum absolute atomic E-state index is 0.0813. The maximum Gasteiger partial charge on any atom is 0.228 e. The van der Waals surface area contributed by atoms with Crippen LogP contribution in [0.3, 0.4) is 0 Å². The maximum absolute atomic E-state index is 13.2. The van der Waals surface area contributed by atoms with E-state index in [2.05, 4.69) is 5.32 Å². The molecule has 3 aromatic carbocycles. The zero-order valence-corrected chi connectivity index (χ0v) is 18.5. The molecule has 1 aliphatic rings. The van der Waals surface area contributed by atoms with Gasteiger partial charge in [-0.2, -0.15) is 0 Å². The number of amides is 2. The second-order valence-corrected chi connectivity index (χ2v) is 7.83. The third kappa shape index (κ3) is 4.82. The van der Waals surface area contributed by atoms with E-state index in [1.807, 2.05) is 36.4 Å². The van der Waals surface area contributed by atoms with Crippen LogP contribution >= 0.6 is 0 Å². The normalized spacial score (nSPS) is 17.7. The van der Waals surface area contributed by atoms with E-state index in [4.69, 9.17) is 9.47 Å². The molecule has 170 valence electrons. The standard InChI is InChI=1S/C26H25FN2O4/c1-32-21-11-5-18(6-12-21)25-23(26(31)28-16-17-3-7-19(27)8-4-17)15-24(30)29(25)20-9-13-22(33-2)14-10-20/h3-14,23,25H,15-16H2,1-2H3,(H,28,31)/t23-,25+/m1/s1. The third-order valence-corrected chi connectivity index (χ3v) is 5.85. The summed E-state index contributed by atoms with van der Waals surface area (Å²) in [7, 11) is 3.17. The van der Waals surface area contributed by atoms with Crippen LogP contribution in [0.15, 0.2) is 72.8 Å². The highest BCUT2D eigenvalue weighted by Gasteiger charge is 2.45. The Morgan fingerprint density at radius 3 is 2.09 bits per heavy atom. The van der Waals surface area contributed by atoms with Gasteiger partial charge in [-0.05, 0) is 59.7 Å². The monoisotopic (exact) mass is 448 g/mol. The number of hydrogen-bond acceptors (Lipinski definition) is 4. The van der Waals surface area contributed by atoms with Gasteiger partial charge in [0.15, 0.2) is 0 Å². The van der Waals surface area contributed by atoms with Gasteiger partial charge in [-0.25, -0.2) is 4.39 Å². The Hall–Kier alpha value is -3.87. The average Bonchev–Trinajstić information content (AvgIpc) is 3.20. The molecule has 0 unspecified atom stereocenters. The third-order valence-electron chi connectivity index (χ3n) is 5.85. The number of anilines is 1. The zero-order chi connectivity index (χ0) is 23.4. The molecule has 2 atom stereocenters. The number of halogens is 1. The molecule has 4 rings (SSSR count). The summed E-state index contributed by atoms with van der Waals surface area (Å²) in [6, 6.07) is 20.1. The fraction of sp³-hybridized carbons (Fsp3) is 0.231. The fourth-order valence-electron chi connectivity index (χ4n) is 4.12. The SMILES string of the molecule is COc1ccc([C@H]2[C@H](C(=O)NCc3ccc(F)cc3)CC(=O)N2c2ccc(OC)cc2)cc1. The topological polar surface area (TPSA) is 67.9 Å². The number of carbonyl (C=O) groups is 2. The lowest BCUT2D eigenvalue weighted by Gasteiger charge is -2.28. The number of ether oxygens (including phenoxy) is 2. The molecule has 2 amide bonds. The summed E-state index contributed by atoms with van der Waals surface area (Å²) in [5.74, 6) is 0.0819. The molecule has 0 aromatic heterocycles. The maximum atomic E-state index is 13.2. The molecule has 0 spiro atoms. The van der Waals surface area contributed by atoms with E-state index in [1.54, 1.807) is 43.4 Å². The predicted octanol–water partition coefficient (Wildman–Crippen LogP) is 4.25. The Labute approximate surface area is 191 Å². The number of carbonyl (C=O) groups excluding carboxylic acids is 2. The zero-order valence-electron chi connectivity index (χ0n) is 18.5. The Kier molecular flexibility index (Phi) is 6.58. The molecule has 0 radical (unpaired) electrons. The van der Waals surface area contributed by atoms with Crippen molar-refractivity contribution in [2.75, 3.05) is 19.1 Å². The first kappa shape index (κ1) is 22.3. The van der Waals surface area contributed by atoms with E-state index >= 15 is 0 Å². The lowest BCUT2D eigenvalue weighted by molar-refractivity contribution is -0.127. The number of rotatable bonds is 7. The van der Waals surface area contributed by atoms with E-state index in [1.165, 1.54) is 12.1 Å². The minimum Gasteiger partial charge on any atom is -0.497 e. The summed E-state index contributed by atoms with van der Waals surface area (Å²) in [5.41, 5.74) is 2.30. The van der Waals surface area contributed by atoms with Crippen LogP contribution < -0.4 is 19.7 Å². The van der Waals surface area contributed by atoms with Gasteiger partial charge < -0.3 is 19.7 Å². The van der Waals surface area contributed by atoms with Crippen LogP contribution in [-0.2, 0) is 16.1 Å². The first-order valence-corrected chi connectivity index (χ1v) is 10.6. The molecule has 0 aliphatic carbocycles. The smallest absolute Gasteiger partial charge is 0.228 e. The lowest BCUT2D eigenvalue weighted by Crippen LogP contribution is -2.35. The highest BCUT2D eigenvalue weighted by Crippen LogP contribution is 2.42. The molecule has 1 N–H and O–H groups in total. The number of nitrogens with one attached hydrogen (secondary N) is 1. The number of methoxy groups -OCH3 is 2. The highest BCUT2D eigenvalue weighted by atomic mass is 19.1. The molecule has 3 aromatic rings. The predicted molar refractivity (Wildman–Crippen MR) is 123 cm³/mol. The fourth-order valence-corrected chi connectivity index (χ4v) is 4.12. The Balaban J connectivity index is 1.63. The summed E-state index contributed by atoms with van der Waals surface area (Å²) < 4.78 is 23.7. The summed E-state index contributed by atoms with van der Waals surface area (Å²) in [6.45, 7) is 0.252. The quantitative estimate of drug-likeness (QED) is 0.587. The second-order valence-electron chi connectivity index (χ2n) is 7.83. The molecule has 1 aliphatic heterocycles. The van der Waals surface area contributed by atoms with Crippen molar-refractivity contribution in [2.45, 2.75) is 19.0 Å². The molecule has 0 saturated carbocycles. The van der Waals surface area contributed by atoms with E-state index in [0.717, 1.165) is 11.1 Å². The van der Waals surface area contributed by atoms with Crippen molar-refractivity contribution in [3.05, 3.63) is 89.7 Å². The van der Waals surface area contributed by atoms with Crippen LogP contribution in [0.5, 0.6) is 11.5 Å². The van der Waals surface area contributed by atoms with Crippen LogP contribution in [0, 0.1) is 11.7 Å². The summed E-state index contributed by atoms with van der Waals surface area (Å²) in [5, 5.41) is 2.91. The first-order chi connectivity index (χ1) is 16.0. The van der Waals surface area contributed by atoms with Gasteiger partial charge in [-0.15, -0.1) is 0 Å². The van der Waals surface area contributed by atoms with E-state index < -0.39 is 12.0 Å². The van der Waals surface area contributed by atoms with Crippen molar-refractivity contribution in [2.24, 2.45) is 5.92 Å². The van der Waals surface area contributed by atoms with Crippen molar-refractivity contribution >= 4 is 17.5 Å². The second kappa shape index (κ2) is 9.73. The molecular formula is C26H25FN2O4. The van der Waals surface area contributed by atoms with Gasteiger partial charge in [-0.1, -0.05) is 24.3 Å². The van der Waals surface area contributed by atoms with Crippen LogP contribution in [-0.4, -0.2) is 26.0 Å². The van der Waals surface area contributed by atoms with Crippen molar-refractivity contribution in [3.8, 4) is 11.5 Å². The molecule has 0 bridgehead atoms. The lowest BCUT2D eigenvalue weighted by atomic mass is 9.92. The van der Waals surface area contributed by atoms with Crippen molar-refractivity contribution in [1.29, 1.82) is 0 Å². The van der Waals surface area contributed by atoms with Gasteiger partial charge in [-0.3, -0.25) is 9.59 Å². The molecule has 1 heterocycles. The molecule has 1 saturated heterocycles. The molecule has 7 heteroatoms. The van der Waals surface area contributed by atoms with Crippen molar-refractivity contribution in [1.82, 2.24) is 5.32 Å². The van der Waals surface area contributed by atoms with Gasteiger partial charge in [0.1, 0.15) is 17.3 Å².